The SMILES string of the molecule is COc1cc([C@H]2C3=CC[C@@H]4C(=O)N(c5cccc(B(O)O)c5)C(=O)[C@@H]4[C@@H]3C[C@H]3C(=O)N(c4ccc(F)c(Cl)c4)C(=O)[C@@]23C)cc(Br)c1O. The zero-order valence-electron chi connectivity index (χ0n) is 25.6. The van der Waals surface area contributed by atoms with Gasteiger partial charge in [0.15, 0.2) is 11.5 Å². The summed E-state index contributed by atoms with van der Waals surface area (Å²) in [6.45, 7) is 1.70. The third-order valence-electron chi connectivity index (χ3n) is 10.5. The van der Waals surface area contributed by atoms with Crippen molar-refractivity contribution in [2.24, 2.45) is 29.1 Å². The van der Waals surface area contributed by atoms with Gasteiger partial charge in [0.2, 0.25) is 23.6 Å². The van der Waals surface area contributed by atoms with Gasteiger partial charge in [-0.2, -0.15) is 0 Å². The van der Waals surface area contributed by atoms with Crippen molar-refractivity contribution in [3.63, 3.8) is 0 Å². The molecule has 10 nitrogen and oxygen atoms in total. The number of nitrogens with zero attached hydrogens (tertiary/aromatic N) is 2. The number of fused-ring (bicyclic) bond motifs is 4. The highest BCUT2D eigenvalue weighted by atomic mass is 79.9. The van der Waals surface area contributed by atoms with E-state index >= 15 is 0 Å². The van der Waals surface area contributed by atoms with Crippen molar-refractivity contribution in [1.29, 1.82) is 0 Å². The van der Waals surface area contributed by atoms with Crippen LogP contribution >= 0.6 is 27.5 Å². The molecule has 246 valence electrons. The van der Waals surface area contributed by atoms with Crippen LogP contribution in [0.5, 0.6) is 11.5 Å². The first kappa shape index (κ1) is 32.5. The molecule has 0 aromatic heterocycles. The van der Waals surface area contributed by atoms with E-state index in [1.807, 2.05) is 6.08 Å². The Kier molecular flexibility index (Phi) is 7.82. The second-order valence-corrected chi connectivity index (χ2v) is 14.1. The second-order valence-electron chi connectivity index (χ2n) is 12.8. The molecule has 2 saturated heterocycles. The number of halogens is 3. The summed E-state index contributed by atoms with van der Waals surface area (Å²) in [5, 5.41) is 29.8. The topological polar surface area (TPSA) is 145 Å². The van der Waals surface area contributed by atoms with Gasteiger partial charge in [-0.1, -0.05) is 35.4 Å². The highest BCUT2D eigenvalue weighted by Crippen LogP contribution is 2.64. The Morgan fingerprint density at radius 3 is 2.40 bits per heavy atom. The number of phenols is 1. The van der Waals surface area contributed by atoms with Crippen molar-refractivity contribution in [2.45, 2.75) is 25.7 Å². The number of imide groups is 2. The Morgan fingerprint density at radius 1 is 0.979 bits per heavy atom. The third-order valence-corrected chi connectivity index (χ3v) is 11.4. The number of hydrogen-bond donors (Lipinski definition) is 3. The summed E-state index contributed by atoms with van der Waals surface area (Å²) >= 11 is 9.45. The molecule has 48 heavy (non-hydrogen) atoms. The molecular formula is C34H28BBrClFN2O8. The van der Waals surface area contributed by atoms with Crippen LogP contribution in [-0.2, 0) is 19.2 Å². The Bertz CT molecular complexity index is 1970. The largest absolute Gasteiger partial charge is 0.503 e. The summed E-state index contributed by atoms with van der Waals surface area (Å²) in [6, 6.07) is 12.8. The number of aromatic hydroxyl groups is 1. The highest BCUT2D eigenvalue weighted by molar-refractivity contribution is 9.10. The van der Waals surface area contributed by atoms with Gasteiger partial charge in [-0.25, -0.2) is 9.29 Å². The number of rotatable bonds is 5. The lowest BCUT2D eigenvalue weighted by Gasteiger charge is -2.49. The molecule has 1 saturated carbocycles. The van der Waals surface area contributed by atoms with Crippen LogP contribution in [0.2, 0.25) is 5.02 Å². The maximum absolute atomic E-state index is 14.6. The molecule has 3 N–H and O–H groups in total. The quantitative estimate of drug-likeness (QED) is 0.202. The fourth-order valence-corrected chi connectivity index (χ4v) is 8.90. The molecule has 3 aromatic rings. The van der Waals surface area contributed by atoms with Crippen LogP contribution in [0.4, 0.5) is 15.8 Å². The Balaban J connectivity index is 1.38. The van der Waals surface area contributed by atoms with Gasteiger partial charge in [0.05, 0.1) is 51.1 Å². The van der Waals surface area contributed by atoms with Crippen molar-refractivity contribution in [3.8, 4) is 11.5 Å². The number of benzene rings is 3. The summed E-state index contributed by atoms with van der Waals surface area (Å²) in [5.41, 5.74) is 0.259. The Hall–Kier alpha value is -4.04. The van der Waals surface area contributed by atoms with E-state index < -0.39 is 71.6 Å². The standard InChI is InChI=1S/C34H28BBrClFN2O8/c1-34-22(31(43)40(33(34)45)18-6-9-25(38)24(37)13-18)14-21-19(28(34)15-10-23(36)29(41)26(11-15)48-2)7-8-20-27(21)32(44)39(30(20)42)17-5-3-4-16(12-17)35(46)47/h3-7,9-13,20-22,27-28,41,46-47H,8,14H2,1-2H3/t20-,21+,22-,27-,28-,34+/m0/s1. The molecule has 0 unspecified atom stereocenters. The monoisotopic (exact) mass is 736 g/mol. The minimum Gasteiger partial charge on any atom is -0.503 e. The van der Waals surface area contributed by atoms with E-state index in [0.717, 1.165) is 15.9 Å². The number of allylic oxidation sites excluding steroid dienone is 2. The smallest absolute Gasteiger partial charge is 0.488 e. The third kappa shape index (κ3) is 4.58. The molecule has 7 rings (SSSR count). The molecule has 4 aliphatic rings. The number of carbonyl (C=O) groups excluding carboxylic acids is 4. The van der Waals surface area contributed by atoms with Gasteiger partial charge in [0, 0.05) is 5.92 Å². The number of phenolic OH excluding ortho intramolecular Hbond substituents is 1. The zero-order valence-corrected chi connectivity index (χ0v) is 27.9. The van der Waals surface area contributed by atoms with Crippen molar-refractivity contribution in [1.82, 2.24) is 0 Å². The number of hydrogen-bond acceptors (Lipinski definition) is 8. The molecule has 2 aliphatic carbocycles. The molecule has 3 aromatic carbocycles. The van der Waals surface area contributed by atoms with Crippen LogP contribution in [0.3, 0.4) is 0 Å². The van der Waals surface area contributed by atoms with Gasteiger partial charge < -0.3 is 19.9 Å². The minimum absolute atomic E-state index is 0.0780. The first-order chi connectivity index (χ1) is 22.8. The van der Waals surface area contributed by atoms with Gasteiger partial charge in [-0.05, 0) is 95.1 Å². The van der Waals surface area contributed by atoms with E-state index in [4.69, 9.17) is 16.3 Å². The fourth-order valence-electron chi connectivity index (χ4n) is 8.26. The molecular weight excluding hydrogens is 710 g/mol. The van der Waals surface area contributed by atoms with Crippen LogP contribution < -0.4 is 20.0 Å². The van der Waals surface area contributed by atoms with Gasteiger partial charge in [-0.3, -0.25) is 24.1 Å². The number of methoxy groups -OCH3 is 1. The van der Waals surface area contributed by atoms with E-state index in [1.165, 1.54) is 37.4 Å². The second kappa shape index (κ2) is 11.5. The molecule has 2 aliphatic heterocycles. The van der Waals surface area contributed by atoms with Crippen LogP contribution in [0.1, 0.15) is 31.2 Å². The maximum Gasteiger partial charge on any atom is 0.488 e. The van der Waals surface area contributed by atoms with Crippen LogP contribution in [-0.4, -0.2) is 53.0 Å². The van der Waals surface area contributed by atoms with Crippen molar-refractivity contribution in [3.05, 3.63) is 87.1 Å². The predicted octanol–water partition coefficient (Wildman–Crippen LogP) is 4.07. The molecule has 4 amide bonds. The number of ether oxygens (including phenoxy) is 1. The minimum atomic E-state index is -1.81. The van der Waals surface area contributed by atoms with Gasteiger partial charge in [0.1, 0.15) is 5.82 Å². The van der Waals surface area contributed by atoms with Crippen molar-refractivity contribution >= 4 is 75.1 Å². The van der Waals surface area contributed by atoms with Crippen LogP contribution in [0.15, 0.2) is 70.7 Å². The van der Waals surface area contributed by atoms with Crippen LogP contribution in [0.25, 0.3) is 0 Å². The Morgan fingerprint density at radius 2 is 1.71 bits per heavy atom. The first-order valence-electron chi connectivity index (χ1n) is 15.2. The zero-order chi connectivity index (χ0) is 34.4. The number of anilines is 2. The number of amides is 4. The molecule has 2 heterocycles. The highest BCUT2D eigenvalue weighted by Gasteiger charge is 2.67. The lowest BCUT2D eigenvalue weighted by Crippen LogP contribution is -2.48. The van der Waals surface area contributed by atoms with Gasteiger partial charge in [0.25, 0.3) is 0 Å². The maximum atomic E-state index is 14.6. The fraction of sp³-hybridized carbons (Fsp3) is 0.294. The van der Waals surface area contributed by atoms with E-state index in [9.17, 15) is 38.7 Å². The summed E-state index contributed by atoms with van der Waals surface area (Å²) in [6.07, 6.45) is 2.14. The average Bonchev–Trinajstić information content (AvgIpc) is 3.43. The number of carbonyl (C=O) groups is 4. The van der Waals surface area contributed by atoms with Crippen LogP contribution in [0, 0.1) is 34.9 Å². The van der Waals surface area contributed by atoms with E-state index in [0.29, 0.717) is 11.1 Å². The van der Waals surface area contributed by atoms with Crippen molar-refractivity contribution < 1.29 is 43.5 Å². The predicted molar refractivity (Wildman–Crippen MR) is 177 cm³/mol. The Labute approximate surface area is 288 Å². The molecule has 14 heteroatoms. The van der Waals surface area contributed by atoms with E-state index in [2.05, 4.69) is 15.9 Å². The normalized spacial score (nSPS) is 27.9. The summed E-state index contributed by atoms with van der Waals surface area (Å²) in [7, 11) is -0.423. The molecule has 0 radical (unpaired) electrons. The molecule has 0 bridgehead atoms. The summed E-state index contributed by atoms with van der Waals surface area (Å²) < 4.78 is 19.9. The van der Waals surface area contributed by atoms with E-state index in [1.54, 1.807) is 25.1 Å². The van der Waals surface area contributed by atoms with Gasteiger partial charge in [-0.15, -0.1) is 0 Å². The molecule has 3 fully saturated rings. The van der Waals surface area contributed by atoms with Crippen molar-refractivity contribution in [2.75, 3.05) is 16.9 Å². The van der Waals surface area contributed by atoms with Gasteiger partial charge >= 0.3 is 7.12 Å². The molecule has 0 spiro atoms. The summed E-state index contributed by atoms with van der Waals surface area (Å²) in [5.74, 6) is -6.76. The lowest BCUT2D eigenvalue weighted by atomic mass is 9.51. The average molecular weight is 738 g/mol. The summed E-state index contributed by atoms with van der Waals surface area (Å²) in [4.78, 5) is 59.1. The first-order valence-corrected chi connectivity index (χ1v) is 16.4. The van der Waals surface area contributed by atoms with E-state index in [-0.39, 0.29) is 50.7 Å². The lowest BCUT2D eigenvalue weighted by molar-refractivity contribution is -0.131. The molecule has 6 atom stereocenters.